The third-order valence-electron chi connectivity index (χ3n) is 2.17. The quantitative estimate of drug-likeness (QED) is 0.625. The smallest absolute Gasteiger partial charge is 0.0101 e. The molecule has 1 rings (SSSR count). The second-order valence-electron chi connectivity index (χ2n) is 4.23. The van der Waals surface area contributed by atoms with Crippen molar-refractivity contribution in [1.82, 2.24) is 0 Å². The van der Waals surface area contributed by atoms with Gasteiger partial charge in [-0.3, -0.25) is 0 Å². The first-order chi connectivity index (χ1) is 5.11. The predicted octanol–water partition coefficient (Wildman–Crippen LogP) is 3.56. The van der Waals surface area contributed by atoms with Crippen LogP contribution in [0.25, 0.3) is 0 Å². The predicted molar refractivity (Wildman–Crippen MR) is 54.1 cm³/mol. The van der Waals surface area contributed by atoms with Gasteiger partial charge in [-0.1, -0.05) is 27.7 Å². The maximum absolute atomic E-state index is 2.36. The summed E-state index contributed by atoms with van der Waals surface area (Å²) in [7, 11) is 0. The zero-order chi connectivity index (χ0) is 8.43. The van der Waals surface area contributed by atoms with E-state index in [1.165, 1.54) is 12.8 Å². The Hall–Kier alpha value is 0.350. The number of rotatable bonds is 4. The highest BCUT2D eigenvalue weighted by Crippen LogP contribution is 2.43. The monoisotopic (exact) mass is 172 g/mol. The minimum atomic E-state index is 0.808. The van der Waals surface area contributed by atoms with Crippen molar-refractivity contribution >= 4 is 11.8 Å². The number of hydrogen-bond acceptors (Lipinski definition) is 1. The molecule has 0 heterocycles. The molecule has 0 aromatic rings. The van der Waals surface area contributed by atoms with Crippen LogP contribution in [0, 0.1) is 11.8 Å². The van der Waals surface area contributed by atoms with Crippen molar-refractivity contribution < 1.29 is 0 Å². The molecule has 0 aromatic heterocycles. The Morgan fingerprint density at radius 3 is 1.91 bits per heavy atom. The van der Waals surface area contributed by atoms with Crippen molar-refractivity contribution in [2.24, 2.45) is 11.8 Å². The number of hydrogen-bond donors (Lipinski definition) is 0. The van der Waals surface area contributed by atoms with Gasteiger partial charge >= 0.3 is 0 Å². The van der Waals surface area contributed by atoms with Crippen LogP contribution in [-0.2, 0) is 0 Å². The van der Waals surface area contributed by atoms with Crippen molar-refractivity contribution in [2.45, 2.75) is 51.0 Å². The molecule has 0 aliphatic heterocycles. The van der Waals surface area contributed by atoms with Crippen molar-refractivity contribution in [1.29, 1.82) is 0 Å². The second kappa shape index (κ2) is 3.84. The highest BCUT2D eigenvalue weighted by atomic mass is 32.2. The van der Waals surface area contributed by atoms with E-state index in [4.69, 9.17) is 0 Å². The third-order valence-corrected chi connectivity index (χ3v) is 3.96. The summed E-state index contributed by atoms with van der Waals surface area (Å²) in [4.78, 5) is 0. The Balaban J connectivity index is 2.32. The maximum atomic E-state index is 2.36. The highest BCUT2D eigenvalue weighted by Gasteiger charge is 2.33. The van der Waals surface area contributed by atoms with Crippen LogP contribution in [0.1, 0.15) is 40.5 Å². The van der Waals surface area contributed by atoms with Crippen LogP contribution in [0.5, 0.6) is 0 Å². The van der Waals surface area contributed by atoms with Gasteiger partial charge in [-0.2, -0.15) is 11.8 Å². The number of thioether (sulfide) groups is 1. The Morgan fingerprint density at radius 1 is 1.09 bits per heavy atom. The van der Waals surface area contributed by atoms with Crippen LogP contribution in [0.4, 0.5) is 0 Å². The molecule has 0 bridgehead atoms. The average molecular weight is 172 g/mol. The Bertz CT molecular complexity index is 112. The molecule has 0 aromatic carbocycles. The molecule has 1 aliphatic rings. The van der Waals surface area contributed by atoms with Gasteiger partial charge in [0.2, 0.25) is 0 Å². The van der Waals surface area contributed by atoms with Gasteiger partial charge in [-0.25, -0.2) is 0 Å². The molecule has 11 heavy (non-hydrogen) atoms. The molecular weight excluding hydrogens is 152 g/mol. The molecule has 0 amide bonds. The Kier molecular flexibility index (Phi) is 3.29. The molecule has 0 saturated heterocycles. The largest absolute Gasteiger partial charge is 0.155 e. The van der Waals surface area contributed by atoms with Crippen LogP contribution in [0.2, 0.25) is 0 Å². The van der Waals surface area contributed by atoms with Crippen LogP contribution < -0.4 is 0 Å². The highest BCUT2D eigenvalue weighted by molar-refractivity contribution is 8.00. The van der Waals surface area contributed by atoms with Gasteiger partial charge in [-0.05, 0) is 29.9 Å². The SMILES string of the molecule is CC(C)S[C@H](C(C)C)C1CC1. The summed E-state index contributed by atoms with van der Waals surface area (Å²) in [5, 5.41) is 1.75. The Labute approximate surface area is 75.1 Å². The molecule has 1 atom stereocenters. The molecule has 1 saturated carbocycles. The average Bonchev–Trinajstić information content (AvgIpc) is 2.63. The van der Waals surface area contributed by atoms with Crippen LogP contribution in [0.15, 0.2) is 0 Å². The summed E-state index contributed by atoms with van der Waals surface area (Å²) in [6.07, 6.45) is 2.98. The van der Waals surface area contributed by atoms with Crippen molar-refractivity contribution in [2.75, 3.05) is 0 Å². The zero-order valence-corrected chi connectivity index (χ0v) is 8.95. The van der Waals surface area contributed by atoms with Crippen LogP contribution in [0.3, 0.4) is 0 Å². The summed E-state index contributed by atoms with van der Waals surface area (Å²) in [6.45, 7) is 9.33. The van der Waals surface area contributed by atoms with Crippen molar-refractivity contribution in [3.05, 3.63) is 0 Å². The summed E-state index contributed by atoms with van der Waals surface area (Å²) in [6, 6.07) is 0. The molecule has 0 N–H and O–H groups in total. The zero-order valence-electron chi connectivity index (χ0n) is 8.13. The normalized spacial score (nSPS) is 21.3. The first kappa shape index (κ1) is 9.44. The van der Waals surface area contributed by atoms with Crippen molar-refractivity contribution in [3.63, 3.8) is 0 Å². The first-order valence-corrected chi connectivity index (χ1v) is 5.71. The van der Waals surface area contributed by atoms with Crippen molar-refractivity contribution in [3.8, 4) is 0 Å². The summed E-state index contributed by atoms with van der Waals surface area (Å²) >= 11 is 2.18. The van der Waals surface area contributed by atoms with Crippen LogP contribution >= 0.6 is 11.8 Å². The minimum absolute atomic E-state index is 0.808. The summed E-state index contributed by atoms with van der Waals surface area (Å²) < 4.78 is 0. The van der Waals surface area contributed by atoms with E-state index in [0.29, 0.717) is 0 Å². The molecule has 0 nitrogen and oxygen atoms in total. The lowest BCUT2D eigenvalue weighted by Crippen LogP contribution is -2.16. The molecular formula is C10H20S. The minimum Gasteiger partial charge on any atom is -0.155 e. The van der Waals surface area contributed by atoms with Crippen LogP contribution in [-0.4, -0.2) is 10.5 Å². The molecule has 1 aliphatic carbocycles. The van der Waals surface area contributed by atoms with Gasteiger partial charge in [0.15, 0.2) is 0 Å². The fourth-order valence-corrected chi connectivity index (χ4v) is 2.99. The van der Waals surface area contributed by atoms with E-state index in [1.807, 2.05) is 0 Å². The standard InChI is InChI=1S/C10H20S/c1-7(2)10(9-5-6-9)11-8(3)4/h7-10H,5-6H2,1-4H3/t10-/m1/s1. The second-order valence-corrected chi connectivity index (χ2v) is 5.99. The van der Waals surface area contributed by atoms with Gasteiger partial charge < -0.3 is 0 Å². The van der Waals surface area contributed by atoms with Gasteiger partial charge in [-0.15, -0.1) is 0 Å². The molecule has 1 fully saturated rings. The molecule has 0 radical (unpaired) electrons. The van der Waals surface area contributed by atoms with E-state index in [-0.39, 0.29) is 0 Å². The fraction of sp³-hybridized carbons (Fsp3) is 1.00. The van der Waals surface area contributed by atoms with Gasteiger partial charge in [0.1, 0.15) is 0 Å². The van der Waals surface area contributed by atoms with E-state index in [9.17, 15) is 0 Å². The molecule has 1 heteroatoms. The van der Waals surface area contributed by atoms with Gasteiger partial charge in [0.25, 0.3) is 0 Å². The first-order valence-electron chi connectivity index (χ1n) is 4.76. The van der Waals surface area contributed by atoms with E-state index >= 15 is 0 Å². The topological polar surface area (TPSA) is 0 Å². The summed E-state index contributed by atoms with van der Waals surface area (Å²) in [5.74, 6) is 1.93. The maximum Gasteiger partial charge on any atom is 0.0101 e. The van der Waals surface area contributed by atoms with E-state index in [0.717, 1.165) is 22.3 Å². The van der Waals surface area contributed by atoms with Gasteiger partial charge in [0, 0.05) is 5.25 Å². The van der Waals surface area contributed by atoms with E-state index in [1.54, 1.807) is 0 Å². The molecule has 0 spiro atoms. The lowest BCUT2D eigenvalue weighted by atomic mass is 10.1. The summed E-state index contributed by atoms with van der Waals surface area (Å²) in [5.41, 5.74) is 0. The lowest BCUT2D eigenvalue weighted by Gasteiger charge is -2.21. The Morgan fingerprint density at radius 2 is 1.64 bits per heavy atom. The van der Waals surface area contributed by atoms with Gasteiger partial charge in [0.05, 0.1) is 0 Å². The lowest BCUT2D eigenvalue weighted by molar-refractivity contribution is 0.557. The molecule has 66 valence electrons. The van der Waals surface area contributed by atoms with E-state index < -0.39 is 0 Å². The van der Waals surface area contributed by atoms with E-state index in [2.05, 4.69) is 39.5 Å². The fourth-order valence-electron chi connectivity index (χ4n) is 1.55. The molecule has 0 unspecified atom stereocenters. The third kappa shape index (κ3) is 3.06.